The van der Waals surface area contributed by atoms with Gasteiger partial charge in [0.05, 0.1) is 0 Å². The second kappa shape index (κ2) is 3.55. The molecule has 58 valence electrons. The van der Waals surface area contributed by atoms with Gasteiger partial charge in [0.25, 0.3) is 0 Å². The summed E-state index contributed by atoms with van der Waals surface area (Å²) in [5.74, 6) is 0. The van der Waals surface area contributed by atoms with Gasteiger partial charge in [-0.3, -0.25) is 0 Å². The molecule has 0 aromatic heterocycles. The van der Waals surface area contributed by atoms with Crippen molar-refractivity contribution in [2.75, 3.05) is 0 Å². The Labute approximate surface area is 73.7 Å². The van der Waals surface area contributed by atoms with Gasteiger partial charge in [-0.25, -0.2) is 0 Å². The largest absolute Gasteiger partial charge is 0.488 e. The highest BCUT2D eigenvalue weighted by atomic mass is 16.4. The highest BCUT2D eigenvalue weighted by Gasteiger charge is 2.09. The maximum absolute atomic E-state index is 8.91. The van der Waals surface area contributed by atoms with E-state index >= 15 is 0 Å². The molecule has 0 heterocycles. The molecule has 0 radical (unpaired) electrons. The topological polar surface area (TPSA) is 40.5 Å². The van der Waals surface area contributed by atoms with Crippen molar-refractivity contribution in [3.8, 4) is 0 Å². The van der Waals surface area contributed by atoms with Crippen LogP contribution in [0.4, 0.5) is 0 Å². The average Bonchev–Trinajstić information content (AvgIpc) is 2.16. The lowest BCUT2D eigenvalue weighted by Gasteiger charge is -2.00. The van der Waals surface area contributed by atoms with Crippen LogP contribution in [0.2, 0.25) is 0 Å². The third-order valence-corrected chi connectivity index (χ3v) is 1.33. The zero-order valence-corrected chi connectivity index (χ0v) is 5.78. The smallest absolute Gasteiger partial charge is 0.423 e. The molecule has 3 heteroatoms. The summed E-state index contributed by atoms with van der Waals surface area (Å²) in [6, 6.07) is 5.20. The number of hydrogen-bond acceptors (Lipinski definition) is 2. The second-order valence-electron chi connectivity index (χ2n) is 2.12. The summed E-state index contributed by atoms with van der Waals surface area (Å²) in [4.78, 5) is 0. The van der Waals surface area contributed by atoms with Gasteiger partial charge in [0.1, 0.15) is 0 Å². The molecular formula is C8H11BO2. The molecule has 0 saturated carbocycles. The fourth-order valence-electron chi connectivity index (χ4n) is 0.777. The zero-order valence-electron chi connectivity index (χ0n) is 10.8. The Balaban J connectivity index is 3.19. The van der Waals surface area contributed by atoms with Crippen LogP contribution in [-0.2, 0) is 6.37 Å². The highest BCUT2D eigenvalue weighted by molar-refractivity contribution is 6.58. The quantitative estimate of drug-likeness (QED) is 0.587. The van der Waals surface area contributed by atoms with E-state index in [0.29, 0.717) is 0 Å². The molecule has 0 amide bonds. The average molecular weight is 155 g/mol. The third kappa shape index (κ3) is 2.07. The van der Waals surface area contributed by atoms with E-state index in [2.05, 4.69) is 0 Å². The van der Waals surface area contributed by atoms with Crippen LogP contribution in [0.25, 0.3) is 0 Å². The van der Waals surface area contributed by atoms with Crippen LogP contribution in [0.15, 0.2) is 24.3 Å². The van der Waals surface area contributed by atoms with E-state index in [9.17, 15) is 0 Å². The fraction of sp³-hybridized carbons (Fsp3) is 0.250. The predicted molar refractivity (Wildman–Crippen MR) is 45.6 cm³/mol. The summed E-state index contributed by atoms with van der Waals surface area (Å²) in [5, 5.41) is 17.8. The van der Waals surface area contributed by atoms with Crippen LogP contribution in [0, 0.1) is 0 Å². The van der Waals surface area contributed by atoms with Crippen molar-refractivity contribution < 1.29 is 16.9 Å². The molecule has 0 atom stereocenters. The van der Waals surface area contributed by atoms with Crippen molar-refractivity contribution in [3.63, 3.8) is 0 Å². The molecule has 1 aromatic carbocycles. The molecule has 2 N–H and O–H groups in total. The molecule has 0 aliphatic heterocycles. The van der Waals surface area contributed by atoms with Gasteiger partial charge in [0.2, 0.25) is 0 Å². The van der Waals surface area contributed by atoms with E-state index in [1.54, 1.807) is 0 Å². The maximum atomic E-state index is 8.91. The van der Waals surface area contributed by atoms with E-state index in [4.69, 9.17) is 16.9 Å². The van der Waals surface area contributed by atoms with E-state index in [1.165, 1.54) is 18.2 Å². The molecule has 11 heavy (non-hydrogen) atoms. The molecular weight excluding hydrogens is 139 g/mol. The normalized spacial score (nSPS) is 18.9. The van der Waals surface area contributed by atoms with Crippen molar-refractivity contribution in [1.29, 1.82) is 0 Å². The fourth-order valence-corrected chi connectivity index (χ4v) is 0.777. The van der Waals surface area contributed by atoms with Crippen LogP contribution in [0.1, 0.15) is 19.3 Å². The highest BCUT2D eigenvalue weighted by Crippen LogP contribution is 1.96. The van der Waals surface area contributed by atoms with Gasteiger partial charge in [-0.15, -0.1) is 0 Å². The Kier molecular flexibility index (Phi) is 1.21. The van der Waals surface area contributed by atoms with Crippen molar-refractivity contribution in [3.05, 3.63) is 29.8 Å². The van der Waals surface area contributed by atoms with Gasteiger partial charge in [0.15, 0.2) is 0 Å². The van der Waals surface area contributed by atoms with Gasteiger partial charge < -0.3 is 10.0 Å². The monoisotopic (exact) mass is 155 g/mol. The molecule has 0 aliphatic carbocycles. The standard InChI is InChI=1S/C8H11BO2/c1-2-7-4-3-5-8(6-7)9(10)11/h3-6,10-11H,2H2,1H3/i1D3,2D2. The summed E-state index contributed by atoms with van der Waals surface area (Å²) in [6.45, 7) is -2.80. The van der Waals surface area contributed by atoms with Gasteiger partial charge >= 0.3 is 7.12 Å². The third-order valence-electron chi connectivity index (χ3n) is 1.33. The SMILES string of the molecule is [2H]C([2H])([2H])C([2H])([2H])c1cccc(B(O)O)c1. The van der Waals surface area contributed by atoms with Crippen LogP contribution >= 0.6 is 0 Å². The summed E-state index contributed by atoms with van der Waals surface area (Å²) in [7, 11) is -1.74. The Hall–Kier alpha value is -0.795. The molecule has 0 unspecified atom stereocenters. The molecule has 2 nitrogen and oxygen atoms in total. The minimum Gasteiger partial charge on any atom is -0.423 e. The van der Waals surface area contributed by atoms with Crippen molar-refractivity contribution in [2.45, 2.75) is 13.2 Å². The van der Waals surface area contributed by atoms with Gasteiger partial charge in [-0.05, 0) is 17.4 Å². The molecule has 0 fully saturated rings. The number of aryl methyl sites for hydroxylation is 1. The molecule has 0 aliphatic rings. The second-order valence-corrected chi connectivity index (χ2v) is 2.12. The molecule has 1 rings (SSSR count). The first-order valence-corrected chi connectivity index (χ1v) is 3.13. The molecule has 0 saturated heterocycles. The first kappa shape index (κ1) is 3.74. The molecule has 1 aromatic rings. The molecule has 0 bridgehead atoms. The van der Waals surface area contributed by atoms with E-state index in [-0.39, 0.29) is 11.0 Å². The lowest BCUT2D eigenvalue weighted by molar-refractivity contribution is 0.425. The Bertz CT molecular complexity index is 377. The minimum atomic E-state index is -2.80. The zero-order chi connectivity index (χ0) is 12.6. The number of rotatable bonds is 2. The first-order chi connectivity index (χ1) is 7.16. The van der Waals surface area contributed by atoms with Crippen LogP contribution in [0.3, 0.4) is 0 Å². The minimum absolute atomic E-state index is 0.0608. The Morgan fingerprint density at radius 1 is 1.64 bits per heavy atom. The summed E-state index contributed by atoms with van der Waals surface area (Å²) >= 11 is 0. The van der Waals surface area contributed by atoms with E-state index in [0.717, 1.165) is 6.07 Å². The van der Waals surface area contributed by atoms with Crippen molar-refractivity contribution >= 4 is 12.6 Å². The van der Waals surface area contributed by atoms with E-state index < -0.39 is 20.3 Å². The number of hydrogen-bond donors (Lipinski definition) is 2. The first-order valence-electron chi connectivity index (χ1n) is 5.63. The maximum Gasteiger partial charge on any atom is 0.488 e. The summed E-state index contributed by atoms with van der Waals surface area (Å²) in [6.07, 6.45) is -2.52. The van der Waals surface area contributed by atoms with Crippen molar-refractivity contribution in [1.82, 2.24) is 0 Å². The van der Waals surface area contributed by atoms with E-state index in [1.807, 2.05) is 0 Å². The lowest BCUT2D eigenvalue weighted by Crippen LogP contribution is -2.29. The Morgan fingerprint density at radius 2 is 2.45 bits per heavy atom. The van der Waals surface area contributed by atoms with Gasteiger partial charge in [-0.2, -0.15) is 0 Å². The van der Waals surface area contributed by atoms with Crippen LogP contribution in [-0.4, -0.2) is 17.2 Å². The summed E-state index contributed by atoms with van der Waals surface area (Å²) in [5.41, 5.74) is -0.0382. The predicted octanol–water partition coefficient (Wildman–Crippen LogP) is -0.0712. The van der Waals surface area contributed by atoms with Gasteiger partial charge in [-0.1, -0.05) is 31.1 Å². The number of benzene rings is 1. The van der Waals surface area contributed by atoms with Crippen molar-refractivity contribution in [2.24, 2.45) is 0 Å². The lowest BCUT2D eigenvalue weighted by atomic mass is 9.79. The van der Waals surface area contributed by atoms with Gasteiger partial charge in [0, 0.05) is 6.85 Å². The van der Waals surface area contributed by atoms with Crippen LogP contribution < -0.4 is 5.46 Å². The molecule has 0 spiro atoms. The summed E-state index contributed by atoms with van der Waals surface area (Å²) < 4.78 is 36.2. The van der Waals surface area contributed by atoms with Crippen LogP contribution in [0.5, 0.6) is 0 Å². The Morgan fingerprint density at radius 3 is 3.09 bits per heavy atom.